The Morgan fingerprint density at radius 2 is 0.987 bits per heavy atom. The number of nitrogens with zero attached hydrogens (tertiary/aromatic N) is 1. The molecule has 0 aliphatic heterocycles. The zero-order chi connectivity index (χ0) is 53.4. The Morgan fingerprint density at radius 1 is 0.573 bits per heavy atom. The van der Waals surface area contributed by atoms with Crippen LogP contribution in [0.3, 0.4) is 0 Å². The molecule has 3 aliphatic rings. The van der Waals surface area contributed by atoms with E-state index in [2.05, 4.69) is 107 Å². The summed E-state index contributed by atoms with van der Waals surface area (Å²) in [4.78, 5) is 28.8. The molecule has 75 heavy (non-hydrogen) atoms. The van der Waals surface area contributed by atoms with Gasteiger partial charge in [-0.25, -0.2) is 0 Å². The molecule has 0 saturated heterocycles. The minimum atomic E-state index is -2.59. The van der Waals surface area contributed by atoms with Gasteiger partial charge in [0.15, 0.2) is 0 Å². The molecule has 2 aromatic carbocycles. The molecular weight excluding hydrogens is 979 g/mol. The number of carbonyl (C=O) groups is 2. The molecule has 0 amide bonds. The molecular formula is C66H111NO5S2Si. The van der Waals surface area contributed by atoms with E-state index < -0.39 is 8.32 Å². The quantitative estimate of drug-likeness (QED) is 0.0372. The smallest absolute Gasteiger partial charge is 0.306 e. The van der Waals surface area contributed by atoms with Gasteiger partial charge in [0.25, 0.3) is 8.32 Å². The van der Waals surface area contributed by atoms with Crippen molar-refractivity contribution in [3.8, 4) is 0 Å². The Balaban J connectivity index is 1.11. The van der Waals surface area contributed by atoms with E-state index in [4.69, 9.17) is 13.9 Å². The summed E-state index contributed by atoms with van der Waals surface area (Å²) in [7, 11) is -0.168. The molecule has 0 radical (unpaired) electrons. The molecule has 0 aromatic heterocycles. The van der Waals surface area contributed by atoms with Crippen molar-refractivity contribution in [2.45, 2.75) is 288 Å². The van der Waals surface area contributed by atoms with Gasteiger partial charge >= 0.3 is 11.9 Å². The van der Waals surface area contributed by atoms with Crippen LogP contribution in [-0.2, 0) is 23.5 Å². The third-order valence-electron chi connectivity index (χ3n) is 17.6. The van der Waals surface area contributed by atoms with Crippen molar-refractivity contribution < 1.29 is 23.5 Å². The first-order chi connectivity index (χ1) is 36.5. The second kappa shape index (κ2) is 37.2. The maximum atomic E-state index is 13.0. The normalized spacial score (nSPS) is 19.1. The number of esters is 2. The Morgan fingerprint density at radius 3 is 1.40 bits per heavy atom. The van der Waals surface area contributed by atoms with Crippen LogP contribution in [0, 0.1) is 11.8 Å². The molecule has 0 heterocycles. The summed E-state index contributed by atoms with van der Waals surface area (Å²) in [6.07, 6.45) is 40.8. The second-order valence-corrected chi connectivity index (χ2v) is 31.3. The molecule has 9 heteroatoms. The Kier molecular flexibility index (Phi) is 31.8. The Hall–Kier alpha value is -1.78. The first-order valence-corrected chi connectivity index (χ1v) is 35.8. The minimum absolute atomic E-state index is 0.0198. The third kappa shape index (κ3) is 23.8. The number of hydrogen-bond acceptors (Lipinski definition) is 8. The van der Waals surface area contributed by atoms with Gasteiger partial charge in [-0.1, -0.05) is 224 Å². The summed E-state index contributed by atoms with van der Waals surface area (Å²) in [5.41, 5.74) is 0. The van der Waals surface area contributed by atoms with Gasteiger partial charge in [0, 0.05) is 42.5 Å². The number of carbonyl (C=O) groups excluding carboxylic acids is 2. The van der Waals surface area contributed by atoms with Crippen LogP contribution >= 0.6 is 23.5 Å². The van der Waals surface area contributed by atoms with Crippen LogP contribution in [0.5, 0.6) is 0 Å². The van der Waals surface area contributed by atoms with Crippen LogP contribution in [-0.4, -0.2) is 85.6 Å². The molecule has 0 bridgehead atoms. The van der Waals surface area contributed by atoms with Gasteiger partial charge in [-0.05, 0) is 123 Å². The lowest BCUT2D eigenvalue weighted by Gasteiger charge is -2.51. The lowest BCUT2D eigenvalue weighted by molar-refractivity contribution is -0.149. The molecule has 5 rings (SSSR count). The van der Waals surface area contributed by atoms with Gasteiger partial charge in [-0.15, -0.1) is 0 Å². The molecule has 0 N–H and O–H groups in total. The molecule has 2 unspecified atom stereocenters. The van der Waals surface area contributed by atoms with Crippen molar-refractivity contribution in [2.75, 3.05) is 30.1 Å². The zero-order valence-electron chi connectivity index (χ0n) is 49.0. The van der Waals surface area contributed by atoms with Crippen LogP contribution in [0.1, 0.15) is 253 Å². The summed E-state index contributed by atoms with van der Waals surface area (Å²) >= 11 is 4.03. The van der Waals surface area contributed by atoms with Crippen LogP contribution < -0.4 is 10.4 Å². The van der Waals surface area contributed by atoms with Crippen LogP contribution in [0.2, 0.25) is 5.04 Å². The maximum absolute atomic E-state index is 13.0. The van der Waals surface area contributed by atoms with E-state index in [-0.39, 0.29) is 35.3 Å². The standard InChI is InChI=1S/C66H111NO5S2Si/c1-7-9-11-25-39-59(70-64(68)47-45-55-33-19-13-20-34-55)53-73-49-31-17-23-37-57(38-24-18-32-50-74-54-60(40-26-12-10-8-2)71-65(69)48-46-56-35-21-14-22-36-56)67(6)58-51-61(52-58)72-75(66(3,4)5,62-41-27-15-28-42-62)63-43-29-16-30-44-63/h15-16,27-30,41-44,55-61H,7-14,17-26,31-40,45-54H2,1-6H3. The van der Waals surface area contributed by atoms with Crippen LogP contribution in [0.15, 0.2) is 60.7 Å². The van der Waals surface area contributed by atoms with Crippen molar-refractivity contribution in [3.05, 3.63) is 60.7 Å². The number of benzene rings is 2. The summed E-state index contributed by atoms with van der Waals surface area (Å²) in [6, 6.07) is 23.5. The topological polar surface area (TPSA) is 65.1 Å². The molecule has 2 atom stereocenters. The van der Waals surface area contributed by atoms with Crippen molar-refractivity contribution in [1.29, 1.82) is 0 Å². The maximum Gasteiger partial charge on any atom is 0.306 e. The number of hydrogen-bond donors (Lipinski definition) is 0. The summed E-state index contributed by atoms with van der Waals surface area (Å²) in [6.45, 7) is 11.7. The largest absolute Gasteiger partial charge is 0.461 e. The van der Waals surface area contributed by atoms with Gasteiger partial charge in [-0.3, -0.25) is 9.59 Å². The number of thioether (sulfide) groups is 2. The van der Waals surface area contributed by atoms with Gasteiger partial charge in [0.05, 0.1) is 0 Å². The fourth-order valence-corrected chi connectivity index (χ4v) is 19.6. The van der Waals surface area contributed by atoms with E-state index in [1.165, 1.54) is 164 Å². The SMILES string of the molecule is CCCCCCC(CSCCCCCC(CCCCCSCC(CCCCCC)OC(=O)CCC1CCCCC1)N(C)C1CC(O[Si](c2ccccc2)(c2ccccc2)C(C)(C)C)C1)OC(=O)CCC1CCCCC1. The van der Waals surface area contributed by atoms with Crippen molar-refractivity contribution >= 4 is 54.2 Å². The van der Waals surface area contributed by atoms with Gasteiger partial charge < -0.3 is 18.8 Å². The van der Waals surface area contributed by atoms with E-state index in [1.807, 2.05) is 23.5 Å². The highest BCUT2D eigenvalue weighted by Gasteiger charge is 2.53. The summed E-state index contributed by atoms with van der Waals surface area (Å²) in [5, 5.41) is 2.72. The van der Waals surface area contributed by atoms with E-state index in [0.717, 1.165) is 86.2 Å². The van der Waals surface area contributed by atoms with E-state index in [1.54, 1.807) is 0 Å². The Labute approximate surface area is 470 Å². The van der Waals surface area contributed by atoms with Crippen molar-refractivity contribution in [3.63, 3.8) is 0 Å². The molecule has 0 spiro atoms. The fourth-order valence-electron chi connectivity index (χ4n) is 12.7. The van der Waals surface area contributed by atoms with Gasteiger partial charge in [0.1, 0.15) is 12.2 Å². The zero-order valence-corrected chi connectivity index (χ0v) is 51.6. The van der Waals surface area contributed by atoms with Crippen molar-refractivity contribution in [2.24, 2.45) is 11.8 Å². The first kappa shape index (κ1) is 64.0. The second-order valence-electron chi connectivity index (χ2n) is 24.7. The number of rotatable bonds is 40. The third-order valence-corrected chi connectivity index (χ3v) is 25.0. The Bertz CT molecular complexity index is 1650. The summed E-state index contributed by atoms with van der Waals surface area (Å²) in [5.74, 6) is 5.70. The van der Waals surface area contributed by atoms with E-state index in [0.29, 0.717) is 24.9 Å². The molecule has 426 valence electrons. The predicted molar refractivity (Wildman–Crippen MR) is 328 cm³/mol. The lowest BCUT2D eigenvalue weighted by Crippen LogP contribution is -2.69. The van der Waals surface area contributed by atoms with E-state index in [9.17, 15) is 9.59 Å². The van der Waals surface area contributed by atoms with Crippen LogP contribution in [0.4, 0.5) is 0 Å². The first-order valence-electron chi connectivity index (χ1n) is 31.6. The highest BCUT2D eigenvalue weighted by molar-refractivity contribution is 7.99. The highest BCUT2D eigenvalue weighted by Crippen LogP contribution is 2.42. The lowest BCUT2D eigenvalue weighted by atomic mass is 9.86. The van der Waals surface area contributed by atoms with Crippen molar-refractivity contribution in [1.82, 2.24) is 4.90 Å². The number of ether oxygens (including phenoxy) is 2. The fraction of sp³-hybridized carbons (Fsp3) is 0.788. The highest BCUT2D eigenvalue weighted by atomic mass is 32.2. The molecule has 3 aliphatic carbocycles. The molecule has 6 nitrogen and oxygen atoms in total. The molecule has 3 saturated carbocycles. The predicted octanol–water partition coefficient (Wildman–Crippen LogP) is 17.5. The minimum Gasteiger partial charge on any atom is -0.461 e. The number of unbranched alkanes of at least 4 members (excludes halogenated alkanes) is 10. The average Bonchev–Trinajstić information content (AvgIpc) is 3.41. The molecule has 2 aromatic rings. The average molecular weight is 1090 g/mol. The van der Waals surface area contributed by atoms with Crippen LogP contribution in [0.25, 0.3) is 0 Å². The summed E-state index contributed by atoms with van der Waals surface area (Å²) < 4.78 is 20.0. The molecule has 3 fully saturated rings. The van der Waals surface area contributed by atoms with Gasteiger partial charge in [0.2, 0.25) is 0 Å². The van der Waals surface area contributed by atoms with E-state index >= 15 is 0 Å². The van der Waals surface area contributed by atoms with Gasteiger partial charge in [-0.2, -0.15) is 23.5 Å². The monoisotopic (exact) mass is 1090 g/mol.